The first-order chi connectivity index (χ1) is 33.0. The van der Waals surface area contributed by atoms with E-state index in [1.165, 1.54) is 21.5 Å². The SMILES string of the molecule is C=C/C(C)=C(\C(=C)C#N)c1cc2c(s1)c(=O)n(-c1cncc3cnn(C)c13)c(=O)n2CCC#N.C=N/C=C(\c1c(C)cnn1C)n1c(=O)c2sc(/C(=C/C(=C)C)C(=C)C#N)cc2n(CCC#N)c1=O. The first-order valence-electron chi connectivity index (χ1n) is 20.6. The van der Waals surface area contributed by atoms with Crippen molar-refractivity contribution in [1.82, 2.24) is 42.8 Å². The summed E-state index contributed by atoms with van der Waals surface area (Å²) in [5.41, 5.74) is 3.76. The number of nitrogens with zero attached hydrogens (tertiary/aromatic N) is 14. The van der Waals surface area contributed by atoms with Crippen LogP contribution in [0.3, 0.4) is 0 Å². The summed E-state index contributed by atoms with van der Waals surface area (Å²) in [5.74, 6) is 0. The van der Waals surface area contributed by atoms with E-state index in [1.54, 1.807) is 80.2 Å². The second-order valence-electron chi connectivity index (χ2n) is 15.3. The number of pyridine rings is 1. The predicted molar refractivity (Wildman–Crippen MR) is 271 cm³/mol. The van der Waals surface area contributed by atoms with Gasteiger partial charge in [-0.2, -0.15) is 31.2 Å². The Bertz CT molecular complexity index is 3860. The first kappa shape index (κ1) is 49.4. The molecule has 0 aliphatic carbocycles. The summed E-state index contributed by atoms with van der Waals surface area (Å²) >= 11 is 2.30. The van der Waals surface area contributed by atoms with E-state index in [0.29, 0.717) is 70.1 Å². The summed E-state index contributed by atoms with van der Waals surface area (Å²) in [6, 6.07) is 11.5. The number of hydrogen-bond donors (Lipinski definition) is 0. The zero-order valence-electron chi connectivity index (χ0n) is 38.3. The molecule has 18 nitrogen and oxygen atoms in total. The van der Waals surface area contributed by atoms with Crippen molar-refractivity contribution in [3.63, 3.8) is 0 Å². The van der Waals surface area contributed by atoms with Crippen LogP contribution in [0.15, 0.2) is 128 Å². The van der Waals surface area contributed by atoms with Crippen molar-refractivity contribution >= 4 is 77.6 Å². The van der Waals surface area contributed by atoms with Gasteiger partial charge in [0.25, 0.3) is 11.1 Å². The van der Waals surface area contributed by atoms with Gasteiger partial charge >= 0.3 is 11.4 Å². The largest absolute Gasteiger partial charge is 0.336 e. The summed E-state index contributed by atoms with van der Waals surface area (Å²) < 4.78 is 8.61. The zero-order valence-corrected chi connectivity index (χ0v) is 39.9. The van der Waals surface area contributed by atoms with Crippen LogP contribution in [0.5, 0.6) is 0 Å². The minimum absolute atomic E-state index is 0.0568. The Balaban J connectivity index is 0.000000227. The van der Waals surface area contributed by atoms with Crippen molar-refractivity contribution in [1.29, 1.82) is 21.0 Å². The maximum Gasteiger partial charge on any atom is 0.336 e. The third-order valence-corrected chi connectivity index (χ3v) is 13.0. The highest BCUT2D eigenvalue weighted by molar-refractivity contribution is 7.20. The van der Waals surface area contributed by atoms with E-state index in [9.17, 15) is 35.0 Å². The molecule has 0 atom stereocenters. The van der Waals surface area contributed by atoms with Crippen LogP contribution in [0.25, 0.3) is 53.9 Å². The lowest BCUT2D eigenvalue weighted by molar-refractivity contribution is 0.662. The molecule has 0 aliphatic rings. The topological polar surface area (TPSA) is 244 Å². The van der Waals surface area contributed by atoms with E-state index in [4.69, 9.17) is 5.26 Å². The average Bonchev–Trinajstić information content (AvgIpc) is 4.14. The van der Waals surface area contributed by atoms with E-state index in [0.717, 1.165) is 37.4 Å². The van der Waals surface area contributed by atoms with E-state index >= 15 is 0 Å². The van der Waals surface area contributed by atoms with Crippen molar-refractivity contribution in [3.05, 3.63) is 167 Å². The van der Waals surface area contributed by atoms with Crippen molar-refractivity contribution in [2.45, 2.75) is 46.7 Å². The summed E-state index contributed by atoms with van der Waals surface area (Å²) in [7, 11) is 3.41. The van der Waals surface area contributed by atoms with Crippen LogP contribution in [0.2, 0.25) is 0 Å². The molecule has 0 aromatic carbocycles. The molecule has 0 spiro atoms. The standard InChI is InChI=1S/C25H23N7O2S.C24H19N7O2S/c1-15(2)10-18(16(3)12-27)21-11-19-23(35-21)24(33)32(25(34)31(19)9-7-8-26)20(14-28-5)22-17(4)13-29-30(22)6;1-5-14(2)20(15(3)10-26)19-9-17-22(34-19)23(32)31(24(33)30(17)8-6-7-25)18-13-27-11-16-12-28-29(4)21(16)18/h10-11,13-14H,1,3,5,7,9H2,2,4,6H3;5,9,11-13H,1,3,6,8H2,2,4H3/b18-10+,20-14+;20-14+. The van der Waals surface area contributed by atoms with Crippen LogP contribution >= 0.6 is 22.7 Å². The number of aryl methyl sites for hydroxylation is 5. The highest BCUT2D eigenvalue weighted by Crippen LogP contribution is 2.35. The van der Waals surface area contributed by atoms with Crippen molar-refractivity contribution in [3.8, 4) is 30.0 Å². The third kappa shape index (κ3) is 9.22. The number of aromatic nitrogens is 9. The second-order valence-corrected chi connectivity index (χ2v) is 17.4. The monoisotopic (exact) mass is 954 g/mol. The Labute approximate surface area is 402 Å². The Hall–Kier alpha value is -9.08. The normalized spacial score (nSPS) is 11.8. The van der Waals surface area contributed by atoms with Crippen LogP contribution in [0, 0.1) is 52.2 Å². The van der Waals surface area contributed by atoms with Crippen LogP contribution in [0.1, 0.15) is 47.7 Å². The van der Waals surface area contributed by atoms with Gasteiger partial charge in [-0.1, -0.05) is 38.0 Å². The van der Waals surface area contributed by atoms with Crippen molar-refractivity contribution < 1.29 is 0 Å². The molecule has 7 aromatic heterocycles. The summed E-state index contributed by atoms with van der Waals surface area (Å²) in [5, 5.41) is 46.4. The van der Waals surface area contributed by atoms with Crippen molar-refractivity contribution in [2.24, 2.45) is 19.1 Å². The fourth-order valence-corrected chi connectivity index (χ4v) is 9.95. The molecule has 0 amide bonds. The number of fused-ring (bicyclic) bond motifs is 3. The Morgan fingerprint density at radius 2 is 1.39 bits per heavy atom. The molecular weight excluding hydrogens is 913 g/mol. The number of allylic oxidation sites excluding steroid dienone is 8. The van der Waals surface area contributed by atoms with Gasteiger partial charge in [0.05, 0.1) is 107 Å². The van der Waals surface area contributed by atoms with Gasteiger partial charge < -0.3 is 0 Å². The van der Waals surface area contributed by atoms with E-state index in [-0.39, 0.29) is 47.5 Å². The molecule has 0 saturated carbocycles. The van der Waals surface area contributed by atoms with E-state index in [2.05, 4.69) is 65.3 Å². The fraction of sp³-hybridized carbons (Fsp3) is 0.184. The number of nitriles is 4. The Kier molecular flexibility index (Phi) is 14.7. The number of aliphatic imine (C=N–C) groups is 1. The van der Waals surface area contributed by atoms with E-state index < -0.39 is 22.5 Å². The Morgan fingerprint density at radius 3 is 1.96 bits per heavy atom. The van der Waals surface area contributed by atoms with Gasteiger partial charge in [-0.3, -0.25) is 38.1 Å². The summed E-state index contributed by atoms with van der Waals surface area (Å²) in [6.45, 7) is 24.3. The maximum atomic E-state index is 13.7. The fourth-order valence-electron chi connectivity index (χ4n) is 7.59. The van der Waals surface area contributed by atoms with Crippen molar-refractivity contribution in [2.75, 3.05) is 0 Å². The van der Waals surface area contributed by atoms with Crippen LogP contribution < -0.4 is 22.5 Å². The highest BCUT2D eigenvalue weighted by atomic mass is 32.1. The maximum absolute atomic E-state index is 13.7. The quantitative estimate of drug-likeness (QED) is 0.0598. The molecule has 0 saturated heterocycles. The van der Waals surface area contributed by atoms with Gasteiger partial charge in [-0.05, 0) is 56.8 Å². The Morgan fingerprint density at radius 1 is 0.797 bits per heavy atom. The van der Waals surface area contributed by atoms with E-state index in [1.807, 2.05) is 19.1 Å². The number of hydrogen-bond acceptors (Lipinski definition) is 14. The average molecular weight is 955 g/mol. The predicted octanol–water partition coefficient (Wildman–Crippen LogP) is 7.22. The first-order valence-corrected chi connectivity index (χ1v) is 22.3. The van der Waals surface area contributed by atoms with Crippen LogP contribution in [-0.2, 0) is 27.2 Å². The van der Waals surface area contributed by atoms with Gasteiger partial charge in [-0.15, -0.1) is 22.7 Å². The zero-order chi connectivity index (χ0) is 50.4. The third-order valence-electron chi connectivity index (χ3n) is 10.7. The molecule has 7 rings (SSSR count). The van der Waals surface area contributed by atoms with Gasteiger partial charge in [0.1, 0.15) is 9.40 Å². The molecule has 0 N–H and O–H groups in total. The molecule has 0 bridgehead atoms. The summed E-state index contributed by atoms with van der Waals surface area (Å²) in [4.78, 5) is 63.9. The molecule has 344 valence electrons. The minimum Gasteiger partial charge on any atom is -0.291 e. The van der Waals surface area contributed by atoms with Gasteiger partial charge in [0.2, 0.25) is 0 Å². The van der Waals surface area contributed by atoms with Gasteiger partial charge in [0, 0.05) is 59.7 Å². The number of rotatable bonds is 14. The lowest BCUT2D eigenvalue weighted by Crippen LogP contribution is -2.39. The molecule has 7 heterocycles. The second kappa shape index (κ2) is 20.6. The molecule has 20 heteroatoms. The summed E-state index contributed by atoms with van der Waals surface area (Å²) in [6.07, 6.45) is 11.1. The molecule has 0 aliphatic heterocycles. The molecular formula is C49H42N14O4S2. The molecule has 0 unspecified atom stereocenters. The lowest BCUT2D eigenvalue weighted by atomic mass is 10.0. The van der Waals surface area contributed by atoms with Gasteiger partial charge in [0.15, 0.2) is 0 Å². The molecule has 0 fully saturated rings. The van der Waals surface area contributed by atoms with Crippen LogP contribution in [0.4, 0.5) is 0 Å². The molecule has 69 heavy (non-hydrogen) atoms. The highest BCUT2D eigenvalue weighted by Gasteiger charge is 2.25. The number of thiophene rings is 2. The van der Waals surface area contributed by atoms with Crippen LogP contribution in [-0.4, -0.2) is 49.5 Å². The lowest BCUT2D eigenvalue weighted by Gasteiger charge is -2.14. The van der Waals surface area contributed by atoms with Gasteiger partial charge in [-0.25, -0.2) is 18.7 Å². The minimum atomic E-state index is -0.623. The molecule has 7 aromatic rings. The smallest absolute Gasteiger partial charge is 0.291 e. The molecule has 0 radical (unpaired) electrons.